The van der Waals surface area contributed by atoms with Gasteiger partial charge in [-0.25, -0.2) is 9.67 Å². The van der Waals surface area contributed by atoms with E-state index >= 15 is 0 Å². The molecule has 4 nitrogen and oxygen atoms in total. The van der Waals surface area contributed by atoms with Crippen LogP contribution in [0.25, 0.3) is 23.2 Å². The predicted molar refractivity (Wildman–Crippen MR) is 78.3 cm³/mol. The normalized spacial score (nSPS) is 11.4. The Morgan fingerprint density at radius 1 is 1.11 bits per heavy atom. The molecule has 4 heteroatoms. The molecule has 0 bridgehead atoms. The highest BCUT2D eigenvalue weighted by molar-refractivity contribution is 5.88. The van der Waals surface area contributed by atoms with Crippen LogP contribution in [-0.2, 0) is 7.05 Å². The molecule has 0 aliphatic carbocycles. The summed E-state index contributed by atoms with van der Waals surface area (Å²) in [7, 11) is 1.84. The van der Waals surface area contributed by atoms with Gasteiger partial charge in [0.2, 0.25) is 0 Å². The van der Waals surface area contributed by atoms with E-state index in [1.807, 2.05) is 43.6 Å². The first-order valence-electron chi connectivity index (χ1n) is 6.05. The van der Waals surface area contributed by atoms with E-state index in [2.05, 4.69) is 28.3 Å². The van der Waals surface area contributed by atoms with Crippen molar-refractivity contribution in [3.05, 3.63) is 53.7 Å². The van der Waals surface area contributed by atoms with Crippen molar-refractivity contribution >= 4 is 29.0 Å². The summed E-state index contributed by atoms with van der Waals surface area (Å²) in [6, 6.07) is 12.1. The quantitative estimate of drug-likeness (QED) is 0.760. The minimum absolute atomic E-state index is 0.514. The second kappa shape index (κ2) is 4.57. The lowest BCUT2D eigenvalue weighted by atomic mass is 10.1. The van der Waals surface area contributed by atoms with Gasteiger partial charge in [0.25, 0.3) is 0 Å². The van der Waals surface area contributed by atoms with Gasteiger partial charge in [-0.3, -0.25) is 0 Å². The van der Waals surface area contributed by atoms with E-state index in [9.17, 15) is 0 Å². The van der Waals surface area contributed by atoms with Gasteiger partial charge in [-0.05, 0) is 17.2 Å². The predicted octanol–water partition coefficient (Wildman–Crippen LogP) is 2.72. The molecular weight excluding hydrogens is 236 g/mol. The van der Waals surface area contributed by atoms with Crippen LogP contribution in [0.15, 0.2) is 42.6 Å². The van der Waals surface area contributed by atoms with Crippen LogP contribution in [-0.4, -0.2) is 14.8 Å². The summed E-state index contributed by atoms with van der Waals surface area (Å²) in [6.07, 6.45) is 5.90. The van der Waals surface area contributed by atoms with Crippen molar-refractivity contribution in [1.82, 2.24) is 14.8 Å². The molecule has 3 aromatic rings. The first kappa shape index (κ1) is 11.5. The Morgan fingerprint density at radius 2 is 1.84 bits per heavy atom. The topological polar surface area (TPSA) is 56.7 Å². The lowest BCUT2D eigenvalue weighted by Crippen LogP contribution is -1.92. The van der Waals surface area contributed by atoms with Gasteiger partial charge >= 0.3 is 0 Å². The maximum absolute atomic E-state index is 5.86. The SMILES string of the molecule is Cn1nc(N)c2cc(/C=C/c3ccccc3)cnc21. The third-order valence-corrected chi connectivity index (χ3v) is 3.00. The van der Waals surface area contributed by atoms with E-state index in [0.717, 1.165) is 22.2 Å². The van der Waals surface area contributed by atoms with Gasteiger partial charge in [0, 0.05) is 13.2 Å². The molecule has 0 unspecified atom stereocenters. The fourth-order valence-electron chi connectivity index (χ4n) is 2.03. The zero-order chi connectivity index (χ0) is 13.2. The second-order valence-corrected chi connectivity index (χ2v) is 4.39. The molecule has 0 spiro atoms. The maximum atomic E-state index is 5.86. The number of hydrogen-bond donors (Lipinski definition) is 1. The second-order valence-electron chi connectivity index (χ2n) is 4.39. The van der Waals surface area contributed by atoms with Crippen LogP contribution in [0, 0.1) is 0 Å². The van der Waals surface area contributed by atoms with Crippen molar-refractivity contribution in [3.8, 4) is 0 Å². The highest BCUT2D eigenvalue weighted by Crippen LogP contribution is 2.19. The molecule has 2 N–H and O–H groups in total. The average Bonchev–Trinajstić information content (AvgIpc) is 2.73. The van der Waals surface area contributed by atoms with Crippen LogP contribution in [0.5, 0.6) is 0 Å². The number of rotatable bonds is 2. The highest BCUT2D eigenvalue weighted by atomic mass is 15.3. The number of nitrogens with two attached hydrogens (primary N) is 1. The molecule has 1 aromatic carbocycles. The van der Waals surface area contributed by atoms with Gasteiger partial charge in [0.1, 0.15) is 0 Å². The first-order valence-corrected chi connectivity index (χ1v) is 6.05. The lowest BCUT2D eigenvalue weighted by molar-refractivity contribution is 0.791. The van der Waals surface area contributed by atoms with Gasteiger partial charge in [-0.1, -0.05) is 42.5 Å². The van der Waals surface area contributed by atoms with Gasteiger partial charge in [0.05, 0.1) is 5.39 Å². The molecular formula is C15H14N4. The summed E-state index contributed by atoms with van der Waals surface area (Å²) in [4.78, 5) is 4.38. The van der Waals surface area contributed by atoms with E-state index in [-0.39, 0.29) is 0 Å². The van der Waals surface area contributed by atoms with Crippen molar-refractivity contribution in [2.24, 2.45) is 7.05 Å². The number of fused-ring (bicyclic) bond motifs is 1. The molecule has 3 rings (SSSR count). The van der Waals surface area contributed by atoms with Crippen LogP contribution in [0.2, 0.25) is 0 Å². The zero-order valence-electron chi connectivity index (χ0n) is 10.6. The molecule has 19 heavy (non-hydrogen) atoms. The summed E-state index contributed by atoms with van der Waals surface area (Å²) in [5.41, 5.74) is 8.82. The number of aryl methyl sites for hydroxylation is 1. The Hall–Kier alpha value is -2.62. The fourth-order valence-corrected chi connectivity index (χ4v) is 2.03. The number of anilines is 1. The number of hydrogen-bond acceptors (Lipinski definition) is 3. The molecule has 0 radical (unpaired) electrons. The van der Waals surface area contributed by atoms with Crippen molar-refractivity contribution in [2.75, 3.05) is 5.73 Å². The van der Waals surface area contributed by atoms with Crippen LogP contribution in [0.3, 0.4) is 0 Å². The number of benzene rings is 1. The van der Waals surface area contributed by atoms with E-state index in [1.54, 1.807) is 4.68 Å². The number of aromatic nitrogens is 3. The molecule has 0 atom stereocenters. The molecule has 94 valence electrons. The third kappa shape index (κ3) is 2.20. The average molecular weight is 250 g/mol. The Kier molecular flexibility index (Phi) is 2.76. The number of nitrogen functional groups attached to an aromatic ring is 1. The van der Waals surface area contributed by atoms with E-state index in [0.29, 0.717) is 5.82 Å². The molecule has 0 saturated heterocycles. The minimum Gasteiger partial charge on any atom is -0.382 e. The molecule has 0 amide bonds. The van der Waals surface area contributed by atoms with E-state index in [1.165, 1.54) is 0 Å². The van der Waals surface area contributed by atoms with E-state index in [4.69, 9.17) is 5.73 Å². The molecule has 0 fully saturated rings. The van der Waals surface area contributed by atoms with Crippen molar-refractivity contribution in [3.63, 3.8) is 0 Å². The van der Waals surface area contributed by atoms with Crippen LogP contribution < -0.4 is 5.73 Å². The monoisotopic (exact) mass is 250 g/mol. The Morgan fingerprint density at radius 3 is 2.63 bits per heavy atom. The summed E-state index contributed by atoms with van der Waals surface area (Å²) in [6.45, 7) is 0. The molecule has 2 aromatic heterocycles. The van der Waals surface area contributed by atoms with Gasteiger partial charge in [-0.15, -0.1) is 0 Å². The summed E-state index contributed by atoms with van der Waals surface area (Å²) < 4.78 is 1.69. The molecule has 0 aliphatic heterocycles. The maximum Gasteiger partial charge on any atom is 0.159 e. The standard InChI is InChI=1S/C15H14N4/c1-19-15-13(14(16)18-19)9-12(10-17-15)8-7-11-5-3-2-4-6-11/h2-10H,1H3,(H2,16,18)/b8-7+. The molecule has 2 heterocycles. The Labute approximate surface area is 111 Å². The van der Waals surface area contributed by atoms with Crippen molar-refractivity contribution in [1.29, 1.82) is 0 Å². The van der Waals surface area contributed by atoms with Crippen LogP contribution in [0.1, 0.15) is 11.1 Å². The van der Waals surface area contributed by atoms with Crippen LogP contribution >= 0.6 is 0 Å². The van der Waals surface area contributed by atoms with Crippen molar-refractivity contribution in [2.45, 2.75) is 0 Å². The third-order valence-electron chi connectivity index (χ3n) is 3.00. The minimum atomic E-state index is 0.514. The van der Waals surface area contributed by atoms with Gasteiger partial charge in [-0.2, -0.15) is 5.10 Å². The van der Waals surface area contributed by atoms with Gasteiger partial charge < -0.3 is 5.73 Å². The summed E-state index contributed by atoms with van der Waals surface area (Å²) >= 11 is 0. The highest BCUT2D eigenvalue weighted by Gasteiger charge is 2.06. The number of nitrogens with zero attached hydrogens (tertiary/aromatic N) is 3. The van der Waals surface area contributed by atoms with Crippen molar-refractivity contribution < 1.29 is 0 Å². The zero-order valence-corrected chi connectivity index (χ0v) is 10.6. The first-order chi connectivity index (χ1) is 9.24. The molecule has 0 aliphatic rings. The molecule has 0 saturated carbocycles. The van der Waals surface area contributed by atoms with E-state index < -0.39 is 0 Å². The summed E-state index contributed by atoms with van der Waals surface area (Å²) in [5, 5.41) is 5.04. The van der Waals surface area contributed by atoms with Crippen LogP contribution in [0.4, 0.5) is 5.82 Å². The Balaban J connectivity index is 1.98. The fraction of sp³-hybridized carbons (Fsp3) is 0.0667. The number of pyridine rings is 1. The smallest absolute Gasteiger partial charge is 0.159 e. The largest absolute Gasteiger partial charge is 0.382 e. The lowest BCUT2D eigenvalue weighted by Gasteiger charge is -1.96. The Bertz CT molecular complexity index is 741. The van der Waals surface area contributed by atoms with Gasteiger partial charge in [0.15, 0.2) is 11.5 Å². The summed E-state index contributed by atoms with van der Waals surface area (Å²) in [5.74, 6) is 0.514.